The van der Waals surface area contributed by atoms with Gasteiger partial charge in [0, 0.05) is 0 Å². The molecule has 1 heterocycles. The minimum absolute atomic E-state index is 0.625. The third-order valence-electron chi connectivity index (χ3n) is 8.41. The summed E-state index contributed by atoms with van der Waals surface area (Å²) in [7, 11) is 0. The van der Waals surface area contributed by atoms with Crippen LogP contribution in [0.5, 0.6) is 0 Å². The molecule has 0 atom stereocenters. The average molecular weight is 666 g/mol. The number of hydrogen-bond donors (Lipinski definition) is 0. The Balaban J connectivity index is 1.23. The normalized spacial score (nSPS) is 11.1. The van der Waals surface area contributed by atoms with Crippen molar-refractivity contribution in [3.8, 4) is 67.5 Å². The van der Waals surface area contributed by atoms with Crippen LogP contribution in [-0.2, 0) is 0 Å². The Bertz CT molecular complexity index is 2370. The molecule has 7 aromatic carbocycles. The van der Waals surface area contributed by atoms with Crippen molar-refractivity contribution in [2.45, 2.75) is 0 Å². The first-order valence-electron chi connectivity index (χ1n) is 15.6. The Kier molecular flexibility index (Phi) is 7.72. The van der Waals surface area contributed by atoms with Crippen LogP contribution >= 0.6 is 0 Å². The number of nitrogens with zero attached hydrogens (tertiary/aromatic N) is 3. The molecule has 3 nitrogen and oxygen atoms in total. The molecule has 8 rings (SSSR count). The standard InChI is InChI=1S/C43H28N3Se/c47-40-38(36-20-9-19-34(27-36)35-25-24-30-14-7-8-17-32(30)26-35)22-11-23-39(40)43-45-41(31-15-5-2-6-16-31)44-42(46-43)37-21-10-18-33(28-37)29-12-3-1-4-13-29/h1-28H. The van der Waals surface area contributed by atoms with E-state index in [-0.39, 0.29) is 0 Å². The number of benzene rings is 7. The van der Waals surface area contributed by atoms with Crippen LogP contribution in [0.4, 0.5) is 0 Å². The van der Waals surface area contributed by atoms with E-state index in [1.54, 1.807) is 0 Å². The van der Waals surface area contributed by atoms with Crippen molar-refractivity contribution in [2.24, 2.45) is 0 Å². The summed E-state index contributed by atoms with van der Waals surface area (Å²) in [6.07, 6.45) is 0. The minimum atomic E-state index is 0.625. The van der Waals surface area contributed by atoms with Gasteiger partial charge in [-0.25, -0.2) is 0 Å². The summed E-state index contributed by atoms with van der Waals surface area (Å²) < 4.78 is 0.998. The van der Waals surface area contributed by atoms with Gasteiger partial charge in [0.25, 0.3) is 0 Å². The fraction of sp³-hybridized carbons (Fsp3) is 0. The van der Waals surface area contributed by atoms with Crippen LogP contribution in [0.3, 0.4) is 0 Å². The van der Waals surface area contributed by atoms with Gasteiger partial charge in [0.15, 0.2) is 0 Å². The first kappa shape index (κ1) is 28.8. The van der Waals surface area contributed by atoms with E-state index in [2.05, 4.69) is 149 Å². The predicted octanol–water partition coefficient (Wildman–Crippen LogP) is 9.82. The summed E-state index contributed by atoms with van der Waals surface area (Å²) in [6.45, 7) is 0. The first-order valence-corrected chi connectivity index (χ1v) is 16.4. The van der Waals surface area contributed by atoms with Gasteiger partial charge in [-0.2, -0.15) is 0 Å². The Morgan fingerprint density at radius 3 is 1.55 bits per heavy atom. The summed E-state index contributed by atoms with van der Waals surface area (Å²) >= 11 is 3.37. The number of fused-ring (bicyclic) bond motifs is 1. The zero-order chi connectivity index (χ0) is 31.6. The van der Waals surface area contributed by atoms with E-state index in [1.807, 2.05) is 36.4 Å². The SMILES string of the molecule is [Se]c1c(-c2cccc(-c3ccc4ccccc4c3)c2)cccc1-c1nc(-c2ccccc2)nc(-c2cccc(-c3ccccc3)c2)n1. The second-order valence-electron chi connectivity index (χ2n) is 11.4. The Hall–Kier alpha value is -5.67. The molecule has 0 aliphatic carbocycles. The molecule has 0 N–H and O–H groups in total. The molecule has 0 fully saturated rings. The zero-order valence-corrected chi connectivity index (χ0v) is 27.1. The van der Waals surface area contributed by atoms with Gasteiger partial charge in [-0.05, 0) is 0 Å². The van der Waals surface area contributed by atoms with Gasteiger partial charge in [0.1, 0.15) is 0 Å². The van der Waals surface area contributed by atoms with Gasteiger partial charge in [-0.1, -0.05) is 0 Å². The maximum atomic E-state index is 5.08. The molecular weight excluding hydrogens is 637 g/mol. The molecule has 47 heavy (non-hydrogen) atoms. The molecule has 8 aromatic rings. The van der Waals surface area contributed by atoms with Crippen molar-refractivity contribution >= 4 is 31.2 Å². The molecule has 0 spiro atoms. The van der Waals surface area contributed by atoms with Gasteiger partial charge < -0.3 is 0 Å². The van der Waals surface area contributed by atoms with Crippen LogP contribution in [-0.4, -0.2) is 31.0 Å². The average Bonchev–Trinajstić information content (AvgIpc) is 3.15. The second kappa shape index (κ2) is 12.6. The molecule has 221 valence electrons. The predicted molar refractivity (Wildman–Crippen MR) is 195 cm³/mol. The van der Waals surface area contributed by atoms with Crippen LogP contribution in [0, 0.1) is 0 Å². The van der Waals surface area contributed by atoms with E-state index in [1.165, 1.54) is 21.9 Å². The second-order valence-corrected chi connectivity index (χ2v) is 12.3. The number of rotatable bonds is 6. The van der Waals surface area contributed by atoms with Crippen LogP contribution < -0.4 is 4.46 Å². The molecule has 1 aromatic heterocycles. The van der Waals surface area contributed by atoms with Crippen LogP contribution in [0.25, 0.3) is 78.3 Å². The number of hydrogen-bond acceptors (Lipinski definition) is 3. The maximum absolute atomic E-state index is 5.08. The van der Waals surface area contributed by atoms with Crippen molar-refractivity contribution in [3.05, 3.63) is 170 Å². The van der Waals surface area contributed by atoms with Crippen LogP contribution in [0.15, 0.2) is 170 Å². The molecule has 4 heteroatoms. The molecule has 0 aliphatic rings. The van der Waals surface area contributed by atoms with E-state index in [9.17, 15) is 0 Å². The molecular formula is C43H28N3Se. The van der Waals surface area contributed by atoms with E-state index in [4.69, 9.17) is 15.0 Å². The van der Waals surface area contributed by atoms with Crippen molar-refractivity contribution in [2.75, 3.05) is 0 Å². The van der Waals surface area contributed by atoms with Gasteiger partial charge in [0.2, 0.25) is 0 Å². The molecule has 0 saturated carbocycles. The summed E-state index contributed by atoms with van der Waals surface area (Å²) in [5, 5.41) is 2.47. The monoisotopic (exact) mass is 666 g/mol. The van der Waals surface area contributed by atoms with Gasteiger partial charge >= 0.3 is 284 Å². The van der Waals surface area contributed by atoms with Crippen molar-refractivity contribution in [3.63, 3.8) is 0 Å². The molecule has 0 unspecified atom stereocenters. The molecule has 0 amide bonds. The quantitative estimate of drug-likeness (QED) is 0.166. The fourth-order valence-corrected chi connectivity index (χ4v) is 6.71. The summed E-state index contributed by atoms with van der Waals surface area (Å²) in [5.41, 5.74) is 9.66. The van der Waals surface area contributed by atoms with E-state index >= 15 is 0 Å². The molecule has 1 radical (unpaired) electrons. The van der Waals surface area contributed by atoms with Crippen LogP contribution in [0.2, 0.25) is 0 Å². The van der Waals surface area contributed by atoms with Crippen LogP contribution in [0.1, 0.15) is 0 Å². The van der Waals surface area contributed by atoms with Gasteiger partial charge in [-0.3, -0.25) is 0 Å². The van der Waals surface area contributed by atoms with Gasteiger partial charge in [-0.15, -0.1) is 0 Å². The molecule has 0 bridgehead atoms. The van der Waals surface area contributed by atoms with Gasteiger partial charge in [0.05, 0.1) is 0 Å². The van der Waals surface area contributed by atoms with E-state index < -0.39 is 0 Å². The first-order chi connectivity index (χ1) is 23.2. The van der Waals surface area contributed by atoms with Crippen molar-refractivity contribution in [1.29, 1.82) is 0 Å². The van der Waals surface area contributed by atoms with Crippen molar-refractivity contribution in [1.82, 2.24) is 15.0 Å². The molecule has 0 aliphatic heterocycles. The third-order valence-corrected chi connectivity index (χ3v) is 9.33. The van der Waals surface area contributed by atoms with E-state index in [0.29, 0.717) is 17.5 Å². The zero-order valence-electron chi connectivity index (χ0n) is 25.4. The Morgan fingerprint density at radius 1 is 0.298 bits per heavy atom. The van der Waals surface area contributed by atoms with Crippen molar-refractivity contribution < 1.29 is 0 Å². The Labute approximate surface area is 282 Å². The summed E-state index contributed by atoms with van der Waals surface area (Å²) in [4.78, 5) is 15.1. The fourth-order valence-electron chi connectivity index (χ4n) is 5.99. The summed E-state index contributed by atoms with van der Waals surface area (Å²) in [5.74, 6) is 1.90. The third kappa shape index (κ3) is 5.89. The molecule has 0 saturated heterocycles. The number of aromatic nitrogens is 3. The summed E-state index contributed by atoms with van der Waals surface area (Å²) in [6, 6.07) is 59.0. The topological polar surface area (TPSA) is 38.7 Å². The Morgan fingerprint density at radius 2 is 0.787 bits per heavy atom. The van der Waals surface area contributed by atoms with E-state index in [0.717, 1.165) is 43.4 Å².